The Morgan fingerprint density at radius 1 is 1.03 bits per heavy atom. The van der Waals surface area contributed by atoms with Crippen molar-refractivity contribution in [3.8, 4) is 0 Å². The van der Waals surface area contributed by atoms with E-state index in [0.29, 0.717) is 6.54 Å². The third-order valence-electron chi connectivity index (χ3n) is 7.38. The maximum absolute atomic E-state index is 13.2. The fraction of sp³-hybridized carbons (Fsp3) is 0.667. The molecule has 0 aromatic heterocycles. The first kappa shape index (κ1) is 20.4. The van der Waals surface area contributed by atoms with Crippen LogP contribution in [0.15, 0.2) is 24.3 Å². The lowest BCUT2D eigenvalue weighted by Crippen LogP contribution is -3.04. The zero-order valence-corrected chi connectivity index (χ0v) is 18.1. The van der Waals surface area contributed by atoms with Gasteiger partial charge in [0.05, 0.1) is 14.1 Å². The normalized spacial score (nSPS) is 31.0. The van der Waals surface area contributed by atoms with E-state index in [-0.39, 0.29) is 17.2 Å². The standard InChI is InChI=1S/C24H35N3O2/c1-16(22(28)25-14-20-6-4-5-7-21(20)15-27(2)3)26-23(29)24-11-17-8-18(12-24)10-19(9-17)13-24/h4-7,16-19H,8-15H2,1-3H3,(H,25,28)(H,26,29)/p+1/t16-,17?,18?,19?,24?/m0/s1. The minimum atomic E-state index is -0.498. The van der Waals surface area contributed by atoms with Crippen LogP contribution in [0, 0.1) is 23.2 Å². The van der Waals surface area contributed by atoms with Gasteiger partial charge in [0.2, 0.25) is 11.8 Å². The topological polar surface area (TPSA) is 62.6 Å². The van der Waals surface area contributed by atoms with E-state index in [1.165, 1.54) is 29.7 Å². The van der Waals surface area contributed by atoms with Crippen molar-refractivity contribution in [2.45, 2.75) is 64.6 Å². The maximum atomic E-state index is 13.2. The highest BCUT2D eigenvalue weighted by Crippen LogP contribution is 2.60. The molecule has 29 heavy (non-hydrogen) atoms. The first-order valence-electron chi connectivity index (χ1n) is 11.3. The van der Waals surface area contributed by atoms with Crippen LogP contribution in [0.3, 0.4) is 0 Å². The van der Waals surface area contributed by atoms with Crippen molar-refractivity contribution in [3.63, 3.8) is 0 Å². The Morgan fingerprint density at radius 2 is 1.59 bits per heavy atom. The van der Waals surface area contributed by atoms with Crippen molar-refractivity contribution < 1.29 is 14.5 Å². The summed E-state index contributed by atoms with van der Waals surface area (Å²) in [5.41, 5.74) is 2.18. The predicted octanol–water partition coefficient (Wildman–Crippen LogP) is 1.67. The van der Waals surface area contributed by atoms with Gasteiger partial charge < -0.3 is 15.5 Å². The largest absolute Gasteiger partial charge is 0.350 e. The van der Waals surface area contributed by atoms with Crippen molar-refractivity contribution in [2.75, 3.05) is 14.1 Å². The van der Waals surface area contributed by atoms with Crippen molar-refractivity contribution in [2.24, 2.45) is 23.2 Å². The Bertz CT molecular complexity index is 738. The number of hydrogen-bond donors (Lipinski definition) is 3. The minimum absolute atomic E-state index is 0.102. The Labute approximate surface area is 174 Å². The average Bonchev–Trinajstić information content (AvgIpc) is 2.65. The number of quaternary nitrogens is 1. The van der Waals surface area contributed by atoms with Crippen molar-refractivity contribution in [1.82, 2.24) is 10.6 Å². The molecule has 4 saturated carbocycles. The molecule has 158 valence electrons. The summed E-state index contributed by atoms with van der Waals surface area (Å²) in [4.78, 5) is 27.2. The van der Waals surface area contributed by atoms with Crippen LogP contribution >= 0.6 is 0 Å². The fourth-order valence-electron chi connectivity index (χ4n) is 6.42. The van der Waals surface area contributed by atoms with Crippen LogP contribution in [-0.4, -0.2) is 32.0 Å². The quantitative estimate of drug-likeness (QED) is 0.654. The third kappa shape index (κ3) is 4.35. The molecular formula is C24H36N3O2+. The molecule has 4 fully saturated rings. The summed E-state index contributed by atoms with van der Waals surface area (Å²) in [6, 6.07) is 7.73. The third-order valence-corrected chi connectivity index (χ3v) is 7.38. The number of hydrogen-bond acceptors (Lipinski definition) is 2. The van der Waals surface area contributed by atoms with E-state index in [9.17, 15) is 9.59 Å². The fourth-order valence-corrected chi connectivity index (χ4v) is 6.42. The molecule has 5 rings (SSSR count). The Kier molecular flexibility index (Phi) is 5.69. The smallest absolute Gasteiger partial charge is 0.242 e. The average molecular weight is 399 g/mol. The molecule has 0 spiro atoms. The molecule has 4 aliphatic rings. The first-order valence-corrected chi connectivity index (χ1v) is 11.3. The van der Waals surface area contributed by atoms with Crippen LogP contribution in [-0.2, 0) is 22.7 Å². The lowest BCUT2D eigenvalue weighted by Gasteiger charge is -2.55. The number of carbonyl (C=O) groups excluding carboxylic acids is 2. The van der Waals surface area contributed by atoms with Crippen LogP contribution in [0.1, 0.15) is 56.6 Å². The molecule has 0 unspecified atom stereocenters. The second-order valence-corrected chi connectivity index (χ2v) is 10.3. The molecule has 0 aliphatic heterocycles. The van der Waals surface area contributed by atoms with Gasteiger partial charge in [0, 0.05) is 17.5 Å². The van der Waals surface area contributed by atoms with Crippen molar-refractivity contribution in [1.29, 1.82) is 0 Å². The Morgan fingerprint density at radius 3 is 2.14 bits per heavy atom. The van der Waals surface area contributed by atoms with Gasteiger partial charge in [-0.25, -0.2) is 0 Å². The van der Waals surface area contributed by atoms with Gasteiger partial charge in [0.15, 0.2) is 0 Å². The van der Waals surface area contributed by atoms with Crippen LogP contribution < -0.4 is 15.5 Å². The molecule has 0 heterocycles. The van der Waals surface area contributed by atoms with Crippen LogP contribution in [0.5, 0.6) is 0 Å². The molecule has 4 aliphatic carbocycles. The molecule has 5 nitrogen and oxygen atoms in total. The van der Waals surface area contributed by atoms with E-state index in [2.05, 4.69) is 36.9 Å². The number of carbonyl (C=O) groups is 2. The molecule has 1 aromatic carbocycles. The Hall–Kier alpha value is -1.88. The van der Waals surface area contributed by atoms with Gasteiger partial charge >= 0.3 is 0 Å². The van der Waals surface area contributed by atoms with Gasteiger partial charge in [0.25, 0.3) is 0 Å². The zero-order valence-electron chi connectivity index (χ0n) is 18.1. The summed E-state index contributed by atoms with van der Waals surface area (Å²) < 4.78 is 0. The van der Waals surface area contributed by atoms with Gasteiger partial charge in [-0.05, 0) is 68.8 Å². The predicted molar refractivity (Wildman–Crippen MR) is 113 cm³/mol. The maximum Gasteiger partial charge on any atom is 0.242 e. The summed E-state index contributed by atoms with van der Waals surface area (Å²) >= 11 is 0. The van der Waals surface area contributed by atoms with Crippen molar-refractivity contribution in [3.05, 3.63) is 35.4 Å². The van der Waals surface area contributed by atoms with E-state index >= 15 is 0 Å². The summed E-state index contributed by atoms with van der Waals surface area (Å²) in [6.07, 6.45) is 7.03. The summed E-state index contributed by atoms with van der Waals surface area (Å²) in [5, 5.41) is 6.09. The summed E-state index contributed by atoms with van der Waals surface area (Å²) in [6.45, 7) is 3.23. The van der Waals surface area contributed by atoms with Gasteiger partial charge in [-0.3, -0.25) is 9.59 Å². The molecule has 0 radical (unpaired) electrons. The number of nitrogens with one attached hydrogen (secondary N) is 3. The second kappa shape index (κ2) is 8.10. The highest BCUT2D eigenvalue weighted by atomic mass is 16.2. The molecule has 1 aromatic rings. The molecule has 1 atom stereocenters. The SMILES string of the molecule is C[C@H](NC(=O)C12CC3CC(CC(C3)C1)C2)C(=O)NCc1ccccc1C[NH+](C)C. The molecule has 3 N–H and O–H groups in total. The van der Waals surface area contributed by atoms with E-state index < -0.39 is 6.04 Å². The molecule has 0 saturated heterocycles. The molecule has 2 amide bonds. The highest BCUT2D eigenvalue weighted by molar-refractivity contribution is 5.90. The second-order valence-electron chi connectivity index (χ2n) is 10.3. The van der Waals surface area contributed by atoms with E-state index in [1.54, 1.807) is 0 Å². The van der Waals surface area contributed by atoms with E-state index in [1.807, 2.05) is 19.1 Å². The van der Waals surface area contributed by atoms with Gasteiger partial charge in [-0.15, -0.1) is 0 Å². The number of rotatable bonds is 7. The number of amides is 2. The molecule has 5 heteroatoms. The lowest BCUT2D eigenvalue weighted by atomic mass is 9.49. The minimum Gasteiger partial charge on any atom is -0.350 e. The Balaban J connectivity index is 1.33. The van der Waals surface area contributed by atoms with Crippen LogP contribution in [0.4, 0.5) is 0 Å². The highest BCUT2D eigenvalue weighted by Gasteiger charge is 2.54. The zero-order chi connectivity index (χ0) is 20.6. The molecule has 4 bridgehead atoms. The summed E-state index contributed by atoms with van der Waals surface area (Å²) in [5.74, 6) is 2.20. The van der Waals surface area contributed by atoms with Gasteiger partial charge in [0.1, 0.15) is 12.6 Å². The van der Waals surface area contributed by atoms with Crippen molar-refractivity contribution >= 4 is 11.8 Å². The van der Waals surface area contributed by atoms with E-state index in [0.717, 1.165) is 49.1 Å². The van der Waals surface area contributed by atoms with Crippen LogP contribution in [0.2, 0.25) is 0 Å². The van der Waals surface area contributed by atoms with Gasteiger partial charge in [-0.1, -0.05) is 24.3 Å². The number of benzene rings is 1. The monoisotopic (exact) mass is 398 g/mol. The first-order chi connectivity index (χ1) is 13.8. The molecular weight excluding hydrogens is 362 g/mol. The lowest BCUT2D eigenvalue weighted by molar-refractivity contribution is -0.872. The van der Waals surface area contributed by atoms with Crippen LogP contribution in [0.25, 0.3) is 0 Å². The van der Waals surface area contributed by atoms with E-state index in [4.69, 9.17) is 0 Å². The van der Waals surface area contributed by atoms with Gasteiger partial charge in [-0.2, -0.15) is 0 Å². The summed E-state index contributed by atoms with van der Waals surface area (Å²) in [7, 11) is 4.24.